The first-order valence-corrected chi connectivity index (χ1v) is 7.08. The van der Waals surface area contributed by atoms with E-state index >= 15 is 0 Å². The van der Waals surface area contributed by atoms with E-state index < -0.39 is 11.9 Å². The number of nitrogens with zero attached hydrogens (tertiary/aromatic N) is 1. The van der Waals surface area contributed by atoms with Gasteiger partial charge in [-0.2, -0.15) is 0 Å². The molecule has 21 heavy (non-hydrogen) atoms. The van der Waals surface area contributed by atoms with Crippen LogP contribution in [0.2, 0.25) is 0 Å². The van der Waals surface area contributed by atoms with Crippen molar-refractivity contribution in [2.45, 2.75) is 24.9 Å². The van der Waals surface area contributed by atoms with Crippen LogP contribution in [-0.2, 0) is 9.53 Å². The Labute approximate surface area is 122 Å². The zero-order valence-electron chi connectivity index (χ0n) is 11.5. The monoisotopic (exact) mass is 292 g/mol. The predicted molar refractivity (Wildman–Crippen MR) is 74.9 cm³/mol. The average Bonchev–Trinajstić information content (AvgIpc) is 3.31. The van der Waals surface area contributed by atoms with Crippen LogP contribution in [0.25, 0.3) is 0 Å². The third-order valence-corrected chi connectivity index (χ3v) is 3.77. The molecule has 1 aromatic rings. The Bertz CT molecular complexity index is 560. The van der Waals surface area contributed by atoms with Crippen molar-refractivity contribution in [1.29, 1.82) is 0 Å². The number of ether oxygens (including phenoxy) is 1. The molecule has 5 nitrogen and oxygen atoms in total. The molecule has 1 heterocycles. The number of benzene rings is 1. The van der Waals surface area contributed by atoms with Gasteiger partial charge in [0.1, 0.15) is 18.1 Å². The molecule has 1 amide bonds. The van der Waals surface area contributed by atoms with Crippen molar-refractivity contribution in [3.05, 3.63) is 29.6 Å². The normalized spacial score (nSPS) is 22.0. The third-order valence-electron chi connectivity index (χ3n) is 3.77. The number of amides is 1. The molecule has 0 spiro atoms. The minimum atomic E-state index is -0.532. The van der Waals surface area contributed by atoms with Crippen molar-refractivity contribution >= 4 is 17.9 Å². The summed E-state index contributed by atoms with van der Waals surface area (Å²) in [7, 11) is 0. The second-order valence-electron chi connectivity index (χ2n) is 5.40. The van der Waals surface area contributed by atoms with Gasteiger partial charge in [-0.1, -0.05) is 0 Å². The number of hydrogen-bond donors (Lipinski definition) is 1. The van der Waals surface area contributed by atoms with E-state index in [1.54, 1.807) is 17.0 Å². The van der Waals surface area contributed by atoms with E-state index in [-0.39, 0.29) is 24.1 Å². The molecule has 0 aromatic heterocycles. The SMILES string of the molecule is O=Cc1ccc(N2CCOCC2C(=O)NC2CC2)c(F)c1. The van der Waals surface area contributed by atoms with Gasteiger partial charge >= 0.3 is 0 Å². The summed E-state index contributed by atoms with van der Waals surface area (Å²) in [6.45, 7) is 1.13. The number of aldehydes is 1. The molecule has 2 fully saturated rings. The van der Waals surface area contributed by atoms with E-state index in [0.29, 0.717) is 25.1 Å². The number of morpholine rings is 1. The summed E-state index contributed by atoms with van der Waals surface area (Å²) in [5.74, 6) is -0.623. The summed E-state index contributed by atoms with van der Waals surface area (Å²) in [4.78, 5) is 24.7. The van der Waals surface area contributed by atoms with Gasteiger partial charge in [0, 0.05) is 18.2 Å². The maximum absolute atomic E-state index is 14.2. The maximum atomic E-state index is 14.2. The van der Waals surface area contributed by atoms with E-state index in [2.05, 4.69) is 5.32 Å². The molecule has 0 bridgehead atoms. The third kappa shape index (κ3) is 3.05. The lowest BCUT2D eigenvalue weighted by Crippen LogP contribution is -2.54. The Morgan fingerprint density at radius 3 is 2.90 bits per heavy atom. The summed E-state index contributed by atoms with van der Waals surface area (Å²) in [5.41, 5.74) is 0.614. The van der Waals surface area contributed by atoms with Gasteiger partial charge < -0.3 is 15.0 Å². The molecule has 3 rings (SSSR count). The lowest BCUT2D eigenvalue weighted by molar-refractivity contribution is -0.124. The Morgan fingerprint density at radius 2 is 2.24 bits per heavy atom. The lowest BCUT2D eigenvalue weighted by Gasteiger charge is -2.36. The fourth-order valence-electron chi connectivity index (χ4n) is 2.46. The number of halogens is 1. The molecule has 1 aromatic carbocycles. The molecular weight excluding hydrogens is 275 g/mol. The quantitative estimate of drug-likeness (QED) is 0.845. The van der Waals surface area contributed by atoms with Crippen LogP contribution in [0.3, 0.4) is 0 Å². The summed E-state index contributed by atoms with van der Waals surface area (Å²) in [6, 6.07) is 4.01. The molecule has 1 N–H and O–H groups in total. The Morgan fingerprint density at radius 1 is 1.43 bits per heavy atom. The molecule has 1 saturated heterocycles. The summed E-state index contributed by atoms with van der Waals surface area (Å²) < 4.78 is 19.5. The van der Waals surface area contributed by atoms with Crippen LogP contribution in [0.15, 0.2) is 18.2 Å². The fraction of sp³-hybridized carbons (Fsp3) is 0.467. The van der Waals surface area contributed by atoms with Crippen LogP contribution >= 0.6 is 0 Å². The van der Waals surface area contributed by atoms with Gasteiger partial charge in [0.2, 0.25) is 5.91 Å². The van der Waals surface area contributed by atoms with Crippen LogP contribution in [-0.4, -0.2) is 44.0 Å². The molecule has 6 heteroatoms. The molecule has 1 saturated carbocycles. The predicted octanol–water partition coefficient (Wildman–Crippen LogP) is 1.12. The van der Waals surface area contributed by atoms with Crippen molar-refractivity contribution in [3.63, 3.8) is 0 Å². The molecular formula is C15H17FN2O3. The van der Waals surface area contributed by atoms with E-state index in [4.69, 9.17) is 4.74 Å². The summed E-state index contributed by atoms with van der Waals surface area (Å²) in [5, 5.41) is 2.93. The molecule has 0 radical (unpaired) electrons. The molecule has 1 aliphatic carbocycles. The van der Waals surface area contributed by atoms with E-state index in [0.717, 1.165) is 12.8 Å². The van der Waals surface area contributed by atoms with Gasteiger partial charge in [-0.3, -0.25) is 9.59 Å². The number of carbonyl (C=O) groups excluding carboxylic acids is 2. The highest BCUT2D eigenvalue weighted by molar-refractivity contribution is 5.86. The highest BCUT2D eigenvalue weighted by atomic mass is 19.1. The Balaban J connectivity index is 1.82. The van der Waals surface area contributed by atoms with Gasteiger partial charge in [0.15, 0.2) is 0 Å². The molecule has 1 aliphatic heterocycles. The number of nitrogens with one attached hydrogen (secondary N) is 1. The number of anilines is 1. The topological polar surface area (TPSA) is 58.6 Å². The number of rotatable bonds is 4. The van der Waals surface area contributed by atoms with E-state index in [9.17, 15) is 14.0 Å². The number of hydrogen-bond acceptors (Lipinski definition) is 4. The first-order valence-electron chi connectivity index (χ1n) is 7.08. The van der Waals surface area contributed by atoms with Gasteiger partial charge in [0.25, 0.3) is 0 Å². The minimum absolute atomic E-state index is 0.129. The highest BCUT2D eigenvalue weighted by Crippen LogP contribution is 2.25. The van der Waals surface area contributed by atoms with Gasteiger partial charge in [-0.25, -0.2) is 4.39 Å². The molecule has 1 unspecified atom stereocenters. The van der Waals surface area contributed by atoms with E-state index in [1.807, 2.05) is 0 Å². The Hall–Kier alpha value is -1.95. The first kappa shape index (κ1) is 14.0. The lowest BCUT2D eigenvalue weighted by atomic mass is 10.1. The van der Waals surface area contributed by atoms with Crippen molar-refractivity contribution in [3.8, 4) is 0 Å². The molecule has 1 atom stereocenters. The van der Waals surface area contributed by atoms with Crippen molar-refractivity contribution in [2.24, 2.45) is 0 Å². The maximum Gasteiger partial charge on any atom is 0.245 e. The largest absolute Gasteiger partial charge is 0.377 e. The van der Waals surface area contributed by atoms with Crippen LogP contribution in [0, 0.1) is 5.82 Å². The van der Waals surface area contributed by atoms with Gasteiger partial charge in [-0.15, -0.1) is 0 Å². The second-order valence-corrected chi connectivity index (χ2v) is 5.40. The van der Waals surface area contributed by atoms with Crippen molar-refractivity contribution in [1.82, 2.24) is 5.32 Å². The van der Waals surface area contributed by atoms with E-state index in [1.165, 1.54) is 6.07 Å². The van der Waals surface area contributed by atoms with Crippen molar-refractivity contribution in [2.75, 3.05) is 24.7 Å². The summed E-state index contributed by atoms with van der Waals surface area (Å²) >= 11 is 0. The molecule has 2 aliphatic rings. The van der Waals surface area contributed by atoms with Crippen LogP contribution in [0.1, 0.15) is 23.2 Å². The number of carbonyl (C=O) groups is 2. The fourth-order valence-corrected chi connectivity index (χ4v) is 2.46. The average molecular weight is 292 g/mol. The highest BCUT2D eigenvalue weighted by Gasteiger charge is 2.34. The zero-order valence-corrected chi connectivity index (χ0v) is 11.5. The smallest absolute Gasteiger partial charge is 0.245 e. The standard InChI is InChI=1S/C15H17FN2O3/c16-12-7-10(8-19)1-4-13(12)18-5-6-21-9-14(18)15(20)17-11-2-3-11/h1,4,7-8,11,14H,2-3,5-6,9H2,(H,17,20). The molecule has 112 valence electrons. The zero-order chi connectivity index (χ0) is 14.8. The first-order chi connectivity index (χ1) is 10.2. The van der Waals surface area contributed by atoms with Crippen LogP contribution < -0.4 is 10.2 Å². The minimum Gasteiger partial charge on any atom is -0.377 e. The van der Waals surface area contributed by atoms with Gasteiger partial charge in [0.05, 0.1) is 18.9 Å². The van der Waals surface area contributed by atoms with Gasteiger partial charge in [-0.05, 0) is 31.0 Å². The Kier molecular flexibility index (Phi) is 3.88. The second kappa shape index (κ2) is 5.81. The van der Waals surface area contributed by atoms with Crippen LogP contribution in [0.4, 0.5) is 10.1 Å². The summed E-state index contributed by atoms with van der Waals surface area (Å²) in [6.07, 6.45) is 2.60. The van der Waals surface area contributed by atoms with Crippen LogP contribution in [0.5, 0.6) is 0 Å². The van der Waals surface area contributed by atoms with Crippen molar-refractivity contribution < 1.29 is 18.7 Å².